The minimum atomic E-state index is -0.411. The predicted molar refractivity (Wildman–Crippen MR) is 61.8 cm³/mol. The van der Waals surface area contributed by atoms with Gasteiger partial charge in [-0.25, -0.2) is 0 Å². The standard InChI is InChI=1S/C11H14N2OS/c14-11(9-3-5-15-8-9)7-12-6-10-2-1-4-13-10/h1-5,8,11-14H,6-7H2. The number of rotatable bonds is 5. The Labute approximate surface area is 92.8 Å². The molecule has 0 fully saturated rings. The summed E-state index contributed by atoms with van der Waals surface area (Å²) >= 11 is 1.61. The van der Waals surface area contributed by atoms with Gasteiger partial charge < -0.3 is 15.4 Å². The smallest absolute Gasteiger partial charge is 0.0922 e. The summed E-state index contributed by atoms with van der Waals surface area (Å²) < 4.78 is 0. The molecule has 0 aliphatic heterocycles. The van der Waals surface area contributed by atoms with E-state index in [2.05, 4.69) is 10.3 Å². The van der Waals surface area contributed by atoms with Crippen molar-refractivity contribution in [2.45, 2.75) is 12.6 Å². The fourth-order valence-electron chi connectivity index (χ4n) is 1.40. The third-order valence-electron chi connectivity index (χ3n) is 2.24. The Balaban J connectivity index is 1.74. The van der Waals surface area contributed by atoms with Gasteiger partial charge in [-0.15, -0.1) is 0 Å². The number of aromatic nitrogens is 1. The Morgan fingerprint density at radius 1 is 1.47 bits per heavy atom. The molecule has 3 nitrogen and oxygen atoms in total. The first-order valence-corrected chi connectivity index (χ1v) is 5.83. The molecule has 15 heavy (non-hydrogen) atoms. The summed E-state index contributed by atoms with van der Waals surface area (Å²) in [6.07, 6.45) is 1.48. The van der Waals surface area contributed by atoms with Gasteiger partial charge >= 0.3 is 0 Å². The van der Waals surface area contributed by atoms with Crippen molar-refractivity contribution < 1.29 is 5.11 Å². The van der Waals surface area contributed by atoms with Gasteiger partial charge in [-0.3, -0.25) is 0 Å². The van der Waals surface area contributed by atoms with E-state index >= 15 is 0 Å². The largest absolute Gasteiger partial charge is 0.387 e. The molecule has 3 N–H and O–H groups in total. The van der Waals surface area contributed by atoms with Crippen LogP contribution in [0.4, 0.5) is 0 Å². The molecule has 0 saturated heterocycles. The first-order chi connectivity index (χ1) is 7.36. The third kappa shape index (κ3) is 2.92. The number of thiophene rings is 1. The molecule has 4 heteroatoms. The van der Waals surface area contributed by atoms with E-state index in [1.54, 1.807) is 11.3 Å². The van der Waals surface area contributed by atoms with Crippen molar-refractivity contribution in [3.63, 3.8) is 0 Å². The minimum absolute atomic E-state index is 0.411. The van der Waals surface area contributed by atoms with Gasteiger partial charge in [0.05, 0.1) is 6.10 Å². The van der Waals surface area contributed by atoms with Gasteiger partial charge in [0.2, 0.25) is 0 Å². The summed E-state index contributed by atoms with van der Waals surface area (Å²) in [4.78, 5) is 3.10. The lowest BCUT2D eigenvalue weighted by atomic mass is 10.2. The lowest BCUT2D eigenvalue weighted by Crippen LogP contribution is -2.20. The highest BCUT2D eigenvalue weighted by molar-refractivity contribution is 7.07. The average Bonchev–Trinajstić information content (AvgIpc) is 2.90. The number of aliphatic hydroxyl groups is 1. The van der Waals surface area contributed by atoms with Crippen LogP contribution >= 0.6 is 11.3 Å². The van der Waals surface area contributed by atoms with Crippen molar-refractivity contribution >= 4 is 11.3 Å². The van der Waals surface area contributed by atoms with E-state index in [0.29, 0.717) is 6.54 Å². The zero-order valence-electron chi connectivity index (χ0n) is 8.31. The third-order valence-corrected chi connectivity index (χ3v) is 2.94. The Kier molecular flexibility index (Phi) is 3.55. The molecule has 0 aromatic carbocycles. The Hall–Kier alpha value is -1.10. The molecule has 1 unspecified atom stereocenters. The molecule has 0 saturated carbocycles. The summed E-state index contributed by atoms with van der Waals surface area (Å²) in [5.41, 5.74) is 2.12. The molecule has 1 atom stereocenters. The Morgan fingerprint density at radius 2 is 2.40 bits per heavy atom. The molecule has 0 spiro atoms. The van der Waals surface area contributed by atoms with E-state index in [0.717, 1.165) is 17.8 Å². The lowest BCUT2D eigenvalue weighted by molar-refractivity contribution is 0.174. The van der Waals surface area contributed by atoms with Crippen LogP contribution in [0.2, 0.25) is 0 Å². The molecule has 2 heterocycles. The van der Waals surface area contributed by atoms with Gasteiger partial charge in [0.1, 0.15) is 0 Å². The van der Waals surface area contributed by atoms with Crippen LogP contribution in [0.3, 0.4) is 0 Å². The van der Waals surface area contributed by atoms with Crippen LogP contribution in [0, 0.1) is 0 Å². The van der Waals surface area contributed by atoms with Crippen molar-refractivity contribution in [1.29, 1.82) is 0 Å². The lowest BCUT2D eigenvalue weighted by Gasteiger charge is -2.09. The number of aromatic amines is 1. The normalized spacial score (nSPS) is 12.9. The van der Waals surface area contributed by atoms with Gasteiger partial charge in [0, 0.05) is 25.0 Å². The van der Waals surface area contributed by atoms with E-state index in [-0.39, 0.29) is 0 Å². The summed E-state index contributed by atoms with van der Waals surface area (Å²) in [7, 11) is 0. The molecule has 0 radical (unpaired) electrons. The van der Waals surface area contributed by atoms with Crippen LogP contribution in [-0.2, 0) is 6.54 Å². The van der Waals surface area contributed by atoms with Crippen molar-refractivity contribution in [3.05, 3.63) is 46.4 Å². The van der Waals surface area contributed by atoms with Gasteiger partial charge in [0.15, 0.2) is 0 Å². The van der Waals surface area contributed by atoms with Crippen LogP contribution in [0.5, 0.6) is 0 Å². The quantitative estimate of drug-likeness (QED) is 0.723. The minimum Gasteiger partial charge on any atom is -0.387 e. The van der Waals surface area contributed by atoms with Crippen LogP contribution in [0.1, 0.15) is 17.4 Å². The molecule has 2 rings (SSSR count). The highest BCUT2D eigenvalue weighted by Crippen LogP contribution is 2.15. The summed E-state index contributed by atoms with van der Waals surface area (Å²) in [6.45, 7) is 1.34. The molecule has 2 aromatic rings. The summed E-state index contributed by atoms with van der Waals surface area (Å²) in [6, 6.07) is 5.93. The molecular weight excluding hydrogens is 208 g/mol. The van der Waals surface area contributed by atoms with E-state index in [1.807, 2.05) is 35.2 Å². The number of H-pyrrole nitrogens is 1. The van der Waals surface area contributed by atoms with Crippen LogP contribution in [0.15, 0.2) is 35.2 Å². The zero-order chi connectivity index (χ0) is 10.5. The topological polar surface area (TPSA) is 48.0 Å². The fourth-order valence-corrected chi connectivity index (χ4v) is 2.11. The highest BCUT2D eigenvalue weighted by atomic mass is 32.1. The fraction of sp³-hybridized carbons (Fsp3) is 0.273. The molecule has 0 amide bonds. The predicted octanol–water partition coefficient (Wildman–Crippen LogP) is 1.90. The first-order valence-electron chi connectivity index (χ1n) is 4.89. The van der Waals surface area contributed by atoms with Crippen molar-refractivity contribution in [3.8, 4) is 0 Å². The zero-order valence-corrected chi connectivity index (χ0v) is 9.13. The maximum Gasteiger partial charge on any atom is 0.0922 e. The second kappa shape index (κ2) is 5.11. The maximum absolute atomic E-state index is 9.77. The van der Waals surface area contributed by atoms with Crippen LogP contribution in [0.25, 0.3) is 0 Å². The highest BCUT2D eigenvalue weighted by Gasteiger charge is 2.06. The Morgan fingerprint density at radius 3 is 3.07 bits per heavy atom. The number of nitrogens with one attached hydrogen (secondary N) is 2. The van der Waals surface area contributed by atoms with Gasteiger partial charge in [-0.1, -0.05) is 0 Å². The second-order valence-electron chi connectivity index (χ2n) is 3.40. The van der Waals surface area contributed by atoms with Gasteiger partial charge in [-0.2, -0.15) is 11.3 Å². The van der Waals surface area contributed by atoms with Gasteiger partial charge in [0.25, 0.3) is 0 Å². The molecule has 0 aliphatic rings. The van der Waals surface area contributed by atoms with Crippen molar-refractivity contribution in [1.82, 2.24) is 10.3 Å². The van der Waals surface area contributed by atoms with Crippen molar-refractivity contribution in [2.24, 2.45) is 0 Å². The van der Waals surface area contributed by atoms with Gasteiger partial charge in [-0.05, 0) is 34.5 Å². The van der Waals surface area contributed by atoms with Crippen molar-refractivity contribution in [2.75, 3.05) is 6.54 Å². The SMILES string of the molecule is OC(CNCc1ccc[nH]1)c1ccsc1. The maximum atomic E-state index is 9.77. The summed E-state index contributed by atoms with van der Waals surface area (Å²) in [5, 5.41) is 16.9. The second-order valence-corrected chi connectivity index (χ2v) is 4.18. The number of hydrogen-bond donors (Lipinski definition) is 3. The molecule has 80 valence electrons. The first kappa shape index (κ1) is 10.4. The molecule has 0 aliphatic carbocycles. The monoisotopic (exact) mass is 222 g/mol. The van der Waals surface area contributed by atoms with E-state index in [4.69, 9.17) is 0 Å². The molecule has 0 bridgehead atoms. The number of aliphatic hydroxyl groups excluding tert-OH is 1. The summed E-state index contributed by atoms with van der Waals surface area (Å²) in [5.74, 6) is 0. The molecule has 2 aromatic heterocycles. The van der Waals surface area contributed by atoms with E-state index in [9.17, 15) is 5.11 Å². The number of hydrogen-bond acceptors (Lipinski definition) is 3. The van der Waals surface area contributed by atoms with Crippen LogP contribution < -0.4 is 5.32 Å². The van der Waals surface area contributed by atoms with Crippen LogP contribution in [-0.4, -0.2) is 16.6 Å². The molecular formula is C11H14N2OS. The Bertz CT molecular complexity index is 369. The average molecular weight is 222 g/mol. The van der Waals surface area contributed by atoms with E-state index in [1.165, 1.54) is 0 Å². The van der Waals surface area contributed by atoms with E-state index < -0.39 is 6.10 Å².